The Labute approximate surface area is 222 Å². The van der Waals surface area contributed by atoms with E-state index < -0.39 is 0 Å². The molecule has 0 aliphatic carbocycles. The van der Waals surface area contributed by atoms with Gasteiger partial charge in [-0.15, -0.1) is 22.7 Å². The van der Waals surface area contributed by atoms with Gasteiger partial charge in [0.2, 0.25) is 0 Å². The van der Waals surface area contributed by atoms with Gasteiger partial charge in [-0.1, -0.05) is 48.0 Å². The van der Waals surface area contributed by atoms with Crippen LogP contribution in [0.15, 0.2) is 64.0 Å². The van der Waals surface area contributed by atoms with Crippen molar-refractivity contribution in [3.05, 3.63) is 64.4 Å². The lowest BCUT2D eigenvalue weighted by Gasteiger charge is -2.34. The first-order chi connectivity index (χ1) is 18.2. The molecule has 1 aliphatic heterocycles. The van der Waals surface area contributed by atoms with E-state index in [1.807, 2.05) is 53.2 Å². The van der Waals surface area contributed by atoms with Crippen LogP contribution in [0.1, 0.15) is 35.4 Å². The molecule has 11 heteroatoms. The first kappa shape index (κ1) is 25.3. The molecule has 1 saturated heterocycles. The van der Waals surface area contributed by atoms with Gasteiger partial charge in [0.15, 0.2) is 5.13 Å². The number of nitrogens with zero attached hydrogens (tertiary/aromatic N) is 4. The number of anilines is 1. The average molecular weight is 538 g/mol. The molecule has 4 aromatic rings. The molecule has 1 aliphatic rings. The van der Waals surface area contributed by atoms with E-state index in [4.69, 9.17) is 14.7 Å². The van der Waals surface area contributed by atoms with Crippen molar-refractivity contribution in [1.29, 1.82) is 0 Å². The molecular weight excluding hydrogens is 510 g/mol. The van der Waals surface area contributed by atoms with Crippen LogP contribution in [0.3, 0.4) is 0 Å². The minimum atomic E-state index is -0.376. The van der Waals surface area contributed by atoms with Gasteiger partial charge in [0.1, 0.15) is 12.0 Å². The number of hydrogen-bond acceptors (Lipinski definition) is 9. The highest BCUT2D eigenvalue weighted by molar-refractivity contribution is 7.14. The van der Waals surface area contributed by atoms with Crippen LogP contribution in [0.5, 0.6) is 0 Å². The number of aromatic nitrogens is 2. The molecule has 0 saturated carbocycles. The standard InChI is InChI=1S/C26H27N5O4S2/c32-24(28-34)21-10-4-5-12-30(21)13-7-14-31(25(33)22-11-6-15-36-22)26-27-20(17-37-26)19-16-35-29-23(19)18-8-2-1-3-9-18/h1-3,6,8-9,11,15-17,21,34H,4-5,7,10,12-14H2,(H,28,32)/t21-/m0/s1. The van der Waals surface area contributed by atoms with Gasteiger partial charge in [-0.3, -0.25) is 24.6 Å². The Balaban J connectivity index is 1.36. The summed E-state index contributed by atoms with van der Waals surface area (Å²) in [6.07, 6.45) is 4.90. The van der Waals surface area contributed by atoms with Crippen molar-refractivity contribution < 1.29 is 19.3 Å². The van der Waals surface area contributed by atoms with E-state index in [-0.39, 0.29) is 17.9 Å². The van der Waals surface area contributed by atoms with Gasteiger partial charge in [0, 0.05) is 24.0 Å². The number of benzene rings is 1. The van der Waals surface area contributed by atoms with Crippen LogP contribution in [0.2, 0.25) is 0 Å². The molecule has 37 heavy (non-hydrogen) atoms. The summed E-state index contributed by atoms with van der Waals surface area (Å²) in [5.41, 5.74) is 4.88. The maximum Gasteiger partial charge on any atom is 0.270 e. The molecule has 1 fully saturated rings. The molecule has 3 aromatic heterocycles. The van der Waals surface area contributed by atoms with E-state index in [1.54, 1.807) is 16.6 Å². The zero-order valence-corrected chi connectivity index (χ0v) is 21.7. The number of rotatable bonds is 9. The van der Waals surface area contributed by atoms with Gasteiger partial charge < -0.3 is 4.52 Å². The van der Waals surface area contributed by atoms with Crippen molar-refractivity contribution in [2.75, 3.05) is 24.5 Å². The summed E-state index contributed by atoms with van der Waals surface area (Å²) < 4.78 is 5.28. The first-order valence-corrected chi connectivity index (χ1v) is 13.9. The lowest BCUT2D eigenvalue weighted by atomic mass is 10.0. The predicted octanol–water partition coefficient (Wildman–Crippen LogP) is 4.92. The molecule has 2 amide bonds. The van der Waals surface area contributed by atoms with Crippen LogP contribution in [0, 0.1) is 0 Å². The molecule has 0 spiro atoms. The van der Waals surface area contributed by atoms with Gasteiger partial charge in [-0.25, -0.2) is 10.5 Å². The Kier molecular flexibility index (Phi) is 8.05. The molecule has 5 rings (SSSR count). The van der Waals surface area contributed by atoms with Crippen LogP contribution < -0.4 is 10.4 Å². The van der Waals surface area contributed by atoms with Gasteiger partial charge >= 0.3 is 0 Å². The average Bonchev–Trinajstić information content (AvgIpc) is 3.73. The van der Waals surface area contributed by atoms with E-state index in [0.29, 0.717) is 47.3 Å². The number of carbonyl (C=O) groups is 2. The maximum absolute atomic E-state index is 13.5. The number of amides is 2. The Hall–Kier alpha value is -3.38. The molecule has 0 unspecified atom stereocenters. The second-order valence-electron chi connectivity index (χ2n) is 8.77. The fraction of sp³-hybridized carbons (Fsp3) is 0.308. The normalized spacial score (nSPS) is 16.0. The summed E-state index contributed by atoms with van der Waals surface area (Å²) >= 11 is 2.80. The lowest BCUT2D eigenvalue weighted by Crippen LogP contribution is -2.49. The van der Waals surface area contributed by atoms with E-state index in [1.165, 1.54) is 22.7 Å². The van der Waals surface area contributed by atoms with Gasteiger partial charge in [-0.2, -0.15) is 0 Å². The highest BCUT2D eigenvalue weighted by Crippen LogP contribution is 2.34. The van der Waals surface area contributed by atoms with E-state index >= 15 is 0 Å². The van der Waals surface area contributed by atoms with Crippen molar-refractivity contribution in [3.8, 4) is 22.5 Å². The third kappa shape index (κ3) is 5.64. The Morgan fingerprint density at radius 2 is 2.03 bits per heavy atom. The first-order valence-electron chi connectivity index (χ1n) is 12.1. The summed E-state index contributed by atoms with van der Waals surface area (Å²) in [5, 5.41) is 17.7. The zero-order valence-electron chi connectivity index (χ0n) is 20.1. The van der Waals surface area contributed by atoms with E-state index in [2.05, 4.69) is 10.1 Å². The number of piperidine rings is 1. The second-order valence-corrected chi connectivity index (χ2v) is 10.6. The number of hydrogen-bond donors (Lipinski definition) is 2. The molecule has 0 bridgehead atoms. The third-order valence-electron chi connectivity index (χ3n) is 6.45. The highest BCUT2D eigenvalue weighted by atomic mass is 32.1. The fourth-order valence-electron chi connectivity index (χ4n) is 4.61. The predicted molar refractivity (Wildman–Crippen MR) is 143 cm³/mol. The van der Waals surface area contributed by atoms with Crippen molar-refractivity contribution in [3.63, 3.8) is 0 Å². The molecule has 192 valence electrons. The molecule has 1 atom stereocenters. The molecular formula is C26H27N5O4S2. The number of carbonyl (C=O) groups excluding carboxylic acids is 2. The third-order valence-corrected chi connectivity index (χ3v) is 8.17. The molecule has 4 heterocycles. The SMILES string of the molecule is O=C(NO)[C@@H]1CCCCN1CCCN(C(=O)c1cccs1)c1nc(-c2conc2-c2ccccc2)cs1. The number of likely N-dealkylation sites (tertiary alicyclic amines) is 1. The summed E-state index contributed by atoms with van der Waals surface area (Å²) in [7, 11) is 0. The summed E-state index contributed by atoms with van der Waals surface area (Å²) in [4.78, 5) is 34.8. The van der Waals surface area contributed by atoms with Gasteiger partial charge in [-0.05, 0) is 37.3 Å². The van der Waals surface area contributed by atoms with E-state index in [0.717, 1.165) is 30.5 Å². The molecule has 2 N–H and O–H groups in total. The molecule has 1 aromatic carbocycles. The Bertz CT molecular complexity index is 1320. The molecule has 9 nitrogen and oxygen atoms in total. The van der Waals surface area contributed by atoms with Crippen molar-refractivity contribution in [2.45, 2.75) is 31.7 Å². The summed E-state index contributed by atoms with van der Waals surface area (Å²) in [6.45, 7) is 1.87. The summed E-state index contributed by atoms with van der Waals surface area (Å²) in [6, 6.07) is 13.1. The van der Waals surface area contributed by atoms with Crippen molar-refractivity contribution in [2.24, 2.45) is 0 Å². The van der Waals surface area contributed by atoms with E-state index in [9.17, 15) is 9.59 Å². The minimum absolute atomic E-state index is 0.104. The quantitative estimate of drug-likeness (QED) is 0.230. The number of nitrogens with one attached hydrogen (secondary N) is 1. The van der Waals surface area contributed by atoms with Crippen LogP contribution in [0.25, 0.3) is 22.5 Å². The Morgan fingerprint density at radius 3 is 2.81 bits per heavy atom. The lowest BCUT2D eigenvalue weighted by molar-refractivity contribution is -0.136. The van der Waals surface area contributed by atoms with Gasteiger partial charge in [0.05, 0.1) is 22.2 Å². The number of thiazole rings is 1. The maximum atomic E-state index is 13.5. The topological polar surface area (TPSA) is 112 Å². The largest absolute Gasteiger partial charge is 0.363 e. The van der Waals surface area contributed by atoms with Crippen LogP contribution in [-0.4, -0.2) is 57.7 Å². The Morgan fingerprint density at radius 1 is 1.16 bits per heavy atom. The van der Waals surface area contributed by atoms with Crippen molar-refractivity contribution in [1.82, 2.24) is 20.5 Å². The van der Waals surface area contributed by atoms with Crippen LogP contribution in [0.4, 0.5) is 5.13 Å². The number of hydroxylamine groups is 1. The molecule has 0 radical (unpaired) electrons. The minimum Gasteiger partial charge on any atom is -0.363 e. The van der Waals surface area contributed by atoms with Crippen LogP contribution in [-0.2, 0) is 4.79 Å². The summed E-state index contributed by atoms with van der Waals surface area (Å²) in [5.74, 6) is -0.480. The second kappa shape index (κ2) is 11.8. The zero-order chi connectivity index (χ0) is 25.6. The van der Waals surface area contributed by atoms with Crippen molar-refractivity contribution >= 4 is 39.6 Å². The highest BCUT2D eigenvalue weighted by Gasteiger charge is 2.29. The van der Waals surface area contributed by atoms with Gasteiger partial charge in [0.25, 0.3) is 11.8 Å². The fourth-order valence-corrected chi connectivity index (χ4v) is 6.14. The van der Waals surface area contributed by atoms with Crippen LogP contribution >= 0.6 is 22.7 Å². The smallest absolute Gasteiger partial charge is 0.270 e. The number of thiophene rings is 1. The monoisotopic (exact) mass is 537 g/mol.